The summed E-state index contributed by atoms with van der Waals surface area (Å²) in [5.41, 5.74) is 13.2. The Bertz CT molecular complexity index is 2100. The number of nitrogens with one attached hydrogen (secondary N) is 2. The van der Waals surface area contributed by atoms with E-state index in [4.69, 9.17) is 31.6 Å². The maximum atomic E-state index is 13.0. The molecule has 0 unspecified atom stereocenters. The van der Waals surface area contributed by atoms with Gasteiger partial charge in [-0.25, -0.2) is 8.42 Å². The molecule has 0 aliphatic rings. The third-order valence-electron chi connectivity index (χ3n) is 7.69. The summed E-state index contributed by atoms with van der Waals surface area (Å²) >= 11 is 0. The van der Waals surface area contributed by atoms with Crippen LogP contribution in [0.25, 0.3) is 0 Å². The molecule has 54 heavy (non-hydrogen) atoms. The van der Waals surface area contributed by atoms with Gasteiger partial charge < -0.3 is 31.6 Å². The summed E-state index contributed by atoms with van der Waals surface area (Å²) in [5.74, 6) is -1.73. The Labute approximate surface area is 318 Å². The minimum atomic E-state index is -4.06. The van der Waals surface area contributed by atoms with Crippen molar-refractivity contribution in [3.8, 4) is 11.5 Å². The van der Waals surface area contributed by atoms with E-state index in [-0.39, 0.29) is 39.2 Å². The molecule has 0 spiro atoms. The summed E-state index contributed by atoms with van der Waals surface area (Å²) in [6.07, 6.45) is 4.21. The Balaban J connectivity index is 0.000000294. The topological polar surface area (TPSA) is 233 Å². The summed E-state index contributed by atoms with van der Waals surface area (Å²) in [7, 11) is 4.54. The summed E-state index contributed by atoms with van der Waals surface area (Å²) in [4.78, 5) is 49.1. The Kier molecular flexibility index (Phi) is 15.6. The van der Waals surface area contributed by atoms with Crippen molar-refractivity contribution in [3.05, 3.63) is 76.4 Å². The van der Waals surface area contributed by atoms with Crippen molar-refractivity contribution in [2.75, 3.05) is 23.8 Å². The van der Waals surface area contributed by atoms with E-state index < -0.39 is 26.8 Å². The molecule has 0 bridgehead atoms. The van der Waals surface area contributed by atoms with E-state index in [1.807, 2.05) is 33.8 Å². The number of nitrogens with two attached hydrogens (primary N) is 2. The van der Waals surface area contributed by atoms with Crippen molar-refractivity contribution in [1.82, 2.24) is 19.6 Å². The van der Waals surface area contributed by atoms with Gasteiger partial charge in [0, 0.05) is 24.8 Å². The molecule has 4 amide bonds. The van der Waals surface area contributed by atoms with Crippen LogP contribution >= 0.6 is 10.7 Å². The van der Waals surface area contributed by atoms with Gasteiger partial charge in [0.25, 0.3) is 32.7 Å². The highest BCUT2D eigenvalue weighted by atomic mass is 35.7. The van der Waals surface area contributed by atoms with E-state index in [0.29, 0.717) is 60.9 Å². The summed E-state index contributed by atoms with van der Waals surface area (Å²) in [6, 6.07) is 10.7. The Morgan fingerprint density at radius 3 is 1.57 bits per heavy atom. The number of aromatic nitrogens is 4. The number of halogens is 1. The monoisotopic (exact) mass is 786 g/mol. The molecule has 18 heteroatoms. The maximum Gasteiger partial charge on any atom is 0.269 e. The van der Waals surface area contributed by atoms with Gasteiger partial charge in [0.1, 0.15) is 22.9 Å². The Morgan fingerprint density at radius 1 is 0.704 bits per heavy atom. The zero-order valence-electron chi connectivity index (χ0n) is 31.2. The molecule has 0 fully saturated rings. The molecule has 2 heterocycles. The second-order valence-electron chi connectivity index (χ2n) is 12.0. The number of amides is 4. The third-order valence-corrected chi connectivity index (χ3v) is 9.04. The van der Waals surface area contributed by atoms with Gasteiger partial charge in [0.05, 0.1) is 52.0 Å². The van der Waals surface area contributed by atoms with Crippen LogP contribution in [0.5, 0.6) is 11.5 Å². The predicted octanol–water partition coefficient (Wildman–Crippen LogP) is 4.95. The second-order valence-corrected chi connectivity index (χ2v) is 14.6. The standard InChI is InChI=1S/C18H23ClN4O5S.C18H24N4O3/c1-4-6-13-15(16(17(20)24)23(3)22-13)21-18(25)12-10-11(29(19,26)27)7-8-14(12)28-9-5-2;1-4-8-13-15(16(17(19)23)22(3)21-13)20-18(24)12-9-6-7-10-14(12)25-11-5-2/h7-8,10H,4-6,9H2,1-3H3,(H2,20,24)(H,21,25);6-7,9-10H,4-5,8,11H2,1-3H3,(H2,19,23)(H,20,24). The van der Waals surface area contributed by atoms with E-state index in [0.717, 1.165) is 25.3 Å². The number of para-hydroxylation sites is 1. The first-order valence-electron chi connectivity index (χ1n) is 17.4. The number of primary amides is 2. The molecule has 6 N–H and O–H groups in total. The Morgan fingerprint density at radius 2 is 1.15 bits per heavy atom. The highest BCUT2D eigenvalue weighted by Gasteiger charge is 2.26. The van der Waals surface area contributed by atoms with Gasteiger partial charge in [-0.2, -0.15) is 10.2 Å². The lowest BCUT2D eigenvalue weighted by Gasteiger charge is -2.13. The van der Waals surface area contributed by atoms with Gasteiger partial charge in [-0.3, -0.25) is 28.5 Å². The van der Waals surface area contributed by atoms with Crippen molar-refractivity contribution < 1.29 is 37.1 Å². The number of hydrogen-bond donors (Lipinski definition) is 4. The summed E-state index contributed by atoms with van der Waals surface area (Å²) in [5, 5.41) is 14.0. The molecule has 0 atom stereocenters. The lowest BCUT2D eigenvalue weighted by molar-refractivity contribution is 0.0981. The number of carbonyl (C=O) groups excluding carboxylic acids is 4. The van der Waals surface area contributed by atoms with Crippen LogP contribution < -0.4 is 31.6 Å². The molecule has 4 rings (SSSR count). The molecule has 292 valence electrons. The number of benzene rings is 2. The van der Waals surface area contributed by atoms with E-state index >= 15 is 0 Å². The van der Waals surface area contributed by atoms with Crippen molar-refractivity contribution in [3.63, 3.8) is 0 Å². The SMILES string of the molecule is CCCOc1ccc(S(=O)(=O)Cl)cc1C(=O)Nc1c(CCC)nn(C)c1C(N)=O.CCCOc1ccccc1C(=O)Nc1c(CCC)nn(C)c1C(N)=O. The second kappa shape index (κ2) is 19.6. The quantitative estimate of drug-likeness (QED) is 0.105. The van der Waals surface area contributed by atoms with Crippen molar-refractivity contribution in [1.29, 1.82) is 0 Å². The van der Waals surface area contributed by atoms with Crippen LogP contribution in [0.3, 0.4) is 0 Å². The first-order chi connectivity index (χ1) is 25.6. The first kappa shape index (κ1) is 43.0. The summed E-state index contributed by atoms with van der Waals surface area (Å²) in [6.45, 7) is 8.66. The van der Waals surface area contributed by atoms with Gasteiger partial charge >= 0.3 is 0 Å². The maximum absolute atomic E-state index is 13.0. The molecular weight excluding hydrogens is 740 g/mol. The van der Waals surface area contributed by atoms with Crippen LogP contribution in [-0.2, 0) is 36.0 Å². The highest BCUT2D eigenvalue weighted by molar-refractivity contribution is 8.13. The number of nitrogens with zero attached hydrogens (tertiary/aromatic N) is 4. The number of hydrogen-bond acceptors (Lipinski definition) is 10. The van der Waals surface area contributed by atoms with Crippen LogP contribution in [0.1, 0.15) is 106 Å². The zero-order valence-corrected chi connectivity index (χ0v) is 32.8. The molecule has 2 aromatic carbocycles. The van der Waals surface area contributed by atoms with Crippen LogP contribution in [0.15, 0.2) is 47.4 Å². The third kappa shape index (κ3) is 10.8. The smallest absolute Gasteiger partial charge is 0.269 e. The van der Waals surface area contributed by atoms with E-state index in [9.17, 15) is 27.6 Å². The predicted molar refractivity (Wildman–Crippen MR) is 205 cm³/mol. The number of anilines is 2. The van der Waals surface area contributed by atoms with Crippen LogP contribution in [0, 0.1) is 0 Å². The lowest BCUT2D eigenvalue weighted by Crippen LogP contribution is -2.21. The molecule has 0 saturated heterocycles. The average Bonchev–Trinajstić information content (AvgIpc) is 3.60. The molecule has 0 aliphatic carbocycles. The number of aryl methyl sites for hydroxylation is 4. The molecule has 0 saturated carbocycles. The zero-order chi connectivity index (χ0) is 40.2. The van der Waals surface area contributed by atoms with Gasteiger partial charge in [0.2, 0.25) is 0 Å². The Hall–Kier alpha value is -5.42. The average molecular weight is 787 g/mol. The van der Waals surface area contributed by atoms with Gasteiger partial charge in [-0.05, 0) is 56.0 Å². The molecular formula is C36H47ClN8O8S. The first-order valence-corrected chi connectivity index (χ1v) is 19.7. The van der Waals surface area contributed by atoms with E-state index in [1.165, 1.54) is 21.5 Å². The normalized spacial score (nSPS) is 10.9. The van der Waals surface area contributed by atoms with Crippen molar-refractivity contribution >= 4 is 54.7 Å². The number of rotatable bonds is 17. The van der Waals surface area contributed by atoms with Crippen LogP contribution in [-0.4, -0.2) is 64.8 Å². The fraction of sp³-hybridized carbons (Fsp3) is 0.389. The molecule has 0 aliphatic heterocycles. The van der Waals surface area contributed by atoms with Crippen molar-refractivity contribution in [2.45, 2.75) is 71.1 Å². The lowest BCUT2D eigenvalue weighted by atomic mass is 10.1. The minimum Gasteiger partial charge on any atom is -0.493 e. The van der Waals surface area contributed by atoms with Gasteiger partial charge in [-0.15, -0.1) is 0 Å². The molecule has 16 nitrogen and oxygen atoms in total. The number of carbonyl (C=O) groups is 4. The fourth-order valence-electron chi connectivity index (χ4n) is 5.34. The van der Waals surface area contributed by atoms with Gasteiger partial charge in [-0.1, -0.05) is 52.7 Å². The van der Waals surface area contributed by atoms with Crippen LogP contribution in [0.2, 0.25) is 0 Å². The van der Waals surface area contributed by atoms with E-state index in [2.05, 4.69) is 20.8 Å². The van der Waals surface area contributed by atoms with Gasteiger partial charge in [0.15, 0.2) is 0 Å². The molecule has 2 aromatic heterocycles. The molecule has 4 aromatic rings. The van der Waals surface area contributed by atoms with E-state index in [1.54, 1.807) is 32.3 Å². The largest absolute Gasteiger partial charge is 0.493 e. The number of ether oxygens (including phenoxy) is 2. The minimum absolute atomic E-state index is 0.0399. The summed E-state index contributed by atoms with van der Waals surface area (Å²) < 4.78 is 37.3. The highest BCUT2D eigenvalue weighted by Crippen LogP contribution is 2.29. The van der Waals surface area contributed by atoms with Crippen molar-refractivity contribution in [2.24, 2.45) is 25.6 Å². The fourth-order valence-corrected chi connectivity index (χ4v) is 6.12. The molecule has 0 radical (unpaired) electrons. The van der Waals surface area contributed by atoms with Crippen LogP contribution in [0.4, 0.5) is 11.4 Å².